The van der Waals surface area contributed by atoms with Gasteiger partial charge >= 0.3 is 12.1 Å². The van der Waals surface area contributed by atoms with Crippen LogP contribution in [-0.4, -0.2) is 40.1 Å². The molecule has 33 heavy (non-hydrogen) atoms. The summed E-state index contributed by atoms with van der Waals surface area (Å²) in [6.07, 6.45) is -4.16. The number of hydrogen-bond acceptors (Lipinski definition) is 5. The molecule has 1 fully saturated rings. The maximum Gasteiger partial charge on any atom is 0.471 e. The highest BCUT2D eigenvalue weighted by atomic mass is 19.4. The van der Waals surface area contributed by atoms with E-state index in [-0.39, 0.29) is 29.3 Å². The van der Waals surface area contributed by atoms with Crippen LogP contribution in [0.3, 0.4) is 0 Å². The Bertz CT molecular complexity index is 1230. The second-order valence-corrected chi connectivity index (χ2v) is 8.07. The predicted octanol–water partition coefficient (Wildman–Crippen LogP) is 4.14. The largest absolute Gasteiger partial charge is 0.471 e. The van der Waals surface area contributed by atoms with Crippen molar-refractivity contribution in [3.05, 3.63) is 70.6 Å². The van der Waals surface area contributed by atoms with Gasteiger partial charge in [-0.05, 0) is 42.3 Å². The lowest BCUT2D eigenvalue weighted by Crippen LogP contribution is -2.48. The molecular weight excluding hydrogens is 447 g/mol. The number of halogens is 5. The molecule has 2 aliphatic heterocycles. The van der Waals surface area contributed by atoms with Gasteiger partial charge in [0.15, 0.2) is 11.6 Å². The molecule has 5 rings (SSSR count). The average Bonchev–Trinajstić information content (AvgIpc) is 3.41. The summed E-state index contributed by atoms with van der Waals surface area (Å²) in [7, 11) is 0. The molecule has 0 saturated carbocycles. The molecule has 1 amide bonds. The zero-order valence-electron chi connectivity index (χ0n) is 17.0. The molecule has 2 aromatic carbocycles. The Morgan fingerprint density at radius 1 is 1.09 bits per heavy atom. The van der Waals surface area contributed by atoms with Gasteiger partial charge in [0.2, 0.25) is 5.82 Å². The average molecular weight is 464 g/mol. The number of nitrogens with zero attached hydrogens (tertiary/aromatic N) is 3. The third kappa shape index (κ3) is 3.86. The van der Waals surface area contributed by atoms with Gasteiger partial charge in [0, 0.05) is 36.2 Å². The van der Waals surface area contributed by atoms with E-state index >= 15 is 0 Å². The molecule has 6 nitrogen and oxygen atoms in total. The Balaban J connectivity index is 1.43. The number of nitrogens with one attached hydrogen (secondary N) is 1. The molecule has 2 atom stereocenters. The first-order chi connectivity index (χ1) is 15.7. The maximum atomic E-state index is 13.8. The Labute approximate surface area is 184 Å². The second-order valence-electron chi connectivity index (χ2n) is 8.07. The standard InChI is InChI=1S/C22H17F5N4O2/c23-16-4-3-11(8-17(16)24)15-9-28-6-5-18(15)31-10-13-2-1-12(7-14(13)20(31)32)19-29-21(33-30-19)22(25,26)27/h1-4,7-8,15,18,28H,5-6,9-10H2/t15-,18?/m0/s1. The summed E-state index contributed by atoms with van der Waals surface area (Å²) in [6.45, 7) is 1.45. The molecule has 3 heterocycles. The molecule has 1 unspecified atom stereocenters. The number of amides is 1. The molecule has 1 saturated heterocycles. The van der Waals surface area contributed by atoms with Crippen LogP contribution in [0.5, 0.6) is 0 Å². The van der Waals surface area contributed by atoms with Crippen LogP contribution in [0.2, 0.25) is 0 Å². The number of aromatic nitrogens is 2. The van der Waals surface area contributed by atoms with Gasteiger partial charge in [-0.2, -0.15) is 18.2 Å². The molecule has 172 valence electrons. The third-order valence-electron chi connectivity index (χ3n) is 6.09. The normalized spacial score (nSPS) is 20.9. The summed E-state index contributed by atoms with van der Waals surface area (Å²) in [6, 6.07) is 8.13. The molecule has 0 spiro atoms. The fourth-order valence-corrected chi connectivity index (χ4v) is 4.49. The van der Waals surface area contributed by atoms with Crippen LogP contribution in [0.4, 0.5) is 22.0 Å². The minimum absolute atomic E-state index is 0.227. The van der Waals surface area contributed by atoms with E-state index in [9.17, 15) is 26.7 Å². The summed E-state index contributed by atoms with van der Waals surface area (Å²) in [4.78, 5) is 18.3. The van der Waals surface area contributed by atoms with Crippen molar-refractivity contribution in [2.45, 2.75) is 31.1 Å². The minimum Gasteiger partial charge on any atom is -0.331 e. The van der Waals surface area contributed by atoms with Crippen LogP contribution < -0.4 is 5.32 Å². The van der Waals surface area contributed by atoms with Crippen LogP contribution in [0, 0.1) is 11.6 Å². The zero-order valence-corrected chi connectivity index (χ0v) is 17.0. The lowest BCUT2D eigenvalue weighted by atomic mass is 9.85. The maximum absolute atomic E-state index is 13.8. The van der Waals surface area contributed by atoms with Crippen LogP contribution >= 0.6 is 0 Å². The Hall–Kier alpha value is -3.34. The lowest BCUT2D eigenvalue weighted by Gasteiger charge is -2.38. The third-order valence-corrected chi connectivity index (χ3v) is 6.09. The van der Waals surface area contributed by atoms with Crippen LogP contribution in [0.15, 0.2) is 40.9 Å². The van der Waals surface area contributed by atoms with E-state index in [0.717, 1.165) is 12.1 Å². The number of fused-ring (bicyclic) bond motifs is 1. The smallest absolute Gasteiger partial charge is 0.331 e. The molecular formula is C22H17F5N4O2. The van der Waals surface area contributed by atoms with Gasteiger partial charge in [-0.15, -0.1) is 0 Å². The number of carbonyl (C=O) groups excluding carboxylic acids is 1. The quantitative estimate of drug-likeness (QED) is 0.591. The number of benzene rings is 2. The van der Waals surface area contributed by atoms with Gasteiger partial charge in [-0.1, -0.05) is 23.4 Å². The summed E-state index contributed by atoms with van der Waals surface area (Å²) in [5.74, 6) is -4.15. The zero-order chi connectivity index (χ0) is 23.3. The molecule has 1 N–H and O–H groups in total. The van der Waals surface area contributed by atoms with Crippen molar-refractivity contribution in [3.63, 3.8) is 0 Å². The lowest BCUT2D eigenvalue weighted by molar-refractivity contribution is -0.159. The number of hydrogen-bond donors (Lipinski definition) is 1. The van der Waals surface area contributed by atoms with Gasteiger partial charge in [0.1, 0.15) is 0 Å². The van der Waals surface area contributed by atoms with E-state index in [4.69, 9.17) is 0 Å². The predicted molar refractivity (Wildman–Crippen MR) is 105 cm³/mol. The van der Waals surface area contributed by atoms with E-state index in [2.05, 4.69) is 20.0 Å². The summed E-state index contributed by atoms with van der Waals surface area (Å²) < 4.78 is 69.9. The second kappa shape index (κ2) is 7.91. The highest BCUT2D eigenvalue weighted by Crippen LogP contribution is 2.36. The van der Waals surface area contributed by atoms with Crippen molar-refractivity contribution in [2.24, 2.45) is 0 Å². The Morgan fingerprint density at radius 2 is 1.91 bits per heavy atom. The minimum atomic E-state index is -4.77. The van der Waals surface area contributed by atoms with Crippen molar-refractivity contribution in [2.75, 3.05) is 13.1 Å². The van der Waals surface area contributed by atoms with Crippen LogP contribution in [-0.2, 0) is 12.7 Å². The van der Waals surface area contributed by atoms with Crippen molar-refractivity contribution in [1.82, 2.24) is 20.4 Å². The molecule has 11 heteroatoms. The summed E-state index contributed by atoms with van der Waals surface area (Å²) >= 11 is 0. The van der Waals surface area contributed by atoms with E-state index in [1.54, 1.807) is 11.0 Å². The van der Waals surface area contributed by atoms with Crippen LogP contribution in [0.1, 0.15) is 39.7 Å². The topological polar surface area (TPSA) is 71.3 Å². The molecule has 0 aliphatic carbocycles. The fourth-order valence-electron chi connectivity index (χ4n) is 4.49. The molecule has 3 aromatic rings. The van der Waals surface area contributed by atoms with E-state index in [1.165, 1.54) is 18.2 Å². The Morgan fingerprint density at radius 3 is 2.64 bits per heavy atom. The van der Waals surface area contributed by atoms with Gasteiger partial charge < -0.3 is 14.7 Å². The van der Waals surface area contributed by atoms with E-state index in [0.29, 0.717) is 42.7 Å². The fraction of sp³-hybridized carbons (Fsp3) is 0.318. The molecule has 0 bridgehead atoms. The van der Waals surface area contributed by atoms with E-state index in [1.807, 2.05) is 0 Å². The first-order valence-corrected chi connectivity index (χ1v) is 10.2. The first kappa shape index (κ1) is 21.5. The number of carbonyl (C=O) groups is 1. The van der Waals surface area contributed by atoms with Crippen molar-refractivity contribution < 1.29 is 31.3 Å². The molecule has 0 radical (unpaired) electrons. The summed E-state index contributed by atoms with van der Waals surface area (Å²) in [5, 5.41) is 6.60. The SMILES string of the molecule is O=C1c2cc(-c3noc(C(F)(F)F)n3)ccc2CN1C1CCNC[C@H]1c1ccc(F)c(F)c1. The molecule has 1 aromatic heterocycles. The number of rotatable bonds is 3. The first-order valence-electron chi connectivity index (χ1n) is 10.2. The number of alkyl halides is 3. The van der Waals surface area contributed by atoms with Crippen molar-refractivity contribution >= 4 is 5.91 Å². The van der Waals surface area contributed by atoms with Gasteiger partial charge in [-0.25, -0.2) is 8.78 Å². The van der Waals surface area contributed by atoms with Crippen molar-refractivity contribution in [1.29, 1.82) is 0 Å². The Kier molecular flexibility index (Phi) is 5.15. The van der Waals surface area contributed by atoms with E-state index < -0.39 is 23.7 Å². The van der Waals surface area contributed by atoms with Gasteiger partial charge in [0.25, 0.3) is 5.91 Å². The highest BCUT2D eigenvalue weighted by Gasteiger charge is 2.40. The van der Waals surface area contributed by atoms with Crippen molar-refractivity contribution in [3.8, 4) is 11.4 Å². The van der Waals surface area contributed by atoms with Crippen LogP contribution in [0.25, 0.3) is 11.4 Å². The number of piperidine rings is 1. The van der Waals surface area contributed by atoms with Gasteiger partial charge in [-0.3, -0.25) is 4.79 Å². The van der Waals surface area contributed by atoms with Gasteiger partial charge in [0.05, 0.1) is 0 Å². The monoisotopic (exact) mass is 464 g/mol. The molecule has 2 aliphatic rings. The highest BCUT2D eigenvalue weighted by molar-refractivity contribution is 5.99. The summed E-state index contributed by atoms with van der Waals surface area (Å²) in [5.41, 5.74) is 1.87.